The Morgan fingerprint density at radius 2 is 2.06 bits per heavy atom. The van der Waals surface area contributed by atoms with Crippen LogP contribution in [0.4, 0.5) is 5.82 Å². The number of hydrogen-bond acceptors (Lipinski definition) is 5. The van der Waals surface area contributed by atoms with Crippen molar-refractivity contribution >= 4 is 23.1 Å². The lowest BCUT2D eigenvalue weighted by Crippen LogP contribution is -2.43. The summed E-state index contributed by atoms with van der Waals surface area (Å²) in [6, 6.07) is 16.4. The first-order valence-corrected chi connectivity index (χ1v) is 11.2. The van der Waals surface area contributed by atoms with Gasteiger partial charge in [-0.15, -0.1) is 11.3 Å². The predicted molar refractivity (Wildman–Crippen MR) is 128 cm³/mol. The van der Waals surface area contributed by atoms with Crippen molar-refractivity contribution in [1.29, 1.82) is 5.26 Å². The smallest absolute Gasteiger partial charge is 0.191 e. The van der Waals surface area contributed by atoms with Crippen molar-refractivity contribution in [1.82, 2.24) is 20.4 Å². The van der Waals surface area contributed by atoms with Crippen LogP contribution in [0.25, 0.3) is 5.69 Å². The monoisotopic (exact) mass is 435 g/mol. The molecule has 0 aliphatic carbocycles. The summed E-state index contributed by atoms with van der Waals surface area (Å²) in [5, 5.41) is 20.9. The van der Waals surface area contributed by atoms with Crippen LogP contribution in [0, 0.1) is 18.3 Å². The third-order valence-electron chi connectivity index (χ3n) is 4.90. The molecule has 0 amide bonds. The van der Waals surface area contributed by atoms with Crippen LogP contribution in [0.1, 0.15) is 34.4 Å². The van der Waals surface area contributed by atoms with E-state index in [9.17, 15) is 5.26 Å². The first kappa shape index (κ1) is 22.4. The van der Waals surface area contributed by atoms with Crippen LogP contribution in [0.15, 0.2) is 47.5 Å². The maximum Gasteiger partial charge on any atom is 0.191 e. The second kappa shape index (κ2) is 10.6. The van der Waals surface area contributed by atoms with Crippen LogP contribution in [-0.2, 0) is 12.8 Å². The number of guanidine groups is 1. The lowest BCUT2D eigenvalue weighted by atomic mass is 10.1. The van der Waals surface area contributed by atoms with Crippen molar-refractivity contribution in [2.75, 3.05) is 19.3 Å². The normalized spacial score (nSPS) is 12.4. The van der Waals surface area contributed by atoms with Crippen molar-refractivity contribution in [2.24, 2.45) is 4.99 Å². The minimum absolute atomic E-state index is 0.274. The highest BCUT2D eigenvalue weighted by Gasteiger charge is 2.16. The Kier molecular flexibility index (Phi) is 7.68. The third-order valence-corrected chi connectivity index (χ3v) is 5.92. The Bertz CT molecular complexity index is 1060. The Morgan fingerprint density at radius 1 is 1.29 bits per heavy atom. The van der Waals surface area contributed by atoms with Gasteiger partial charge in [-0.05, 0) is 51.0 Å². The number of aliphatic imine (C=N–C) groups is 1. The third kappa shape index (κ3) is 5.86. The fraction of sp³-hybridized carbons (Fsp3) is 0.348. The van der Waals surface area contributed by atoms with Gasteiger partial charge in [-0.2, -0.15) is 10.4 Å². The topological polar surface area (TPSA) is 104 Å². The number of para-hydroxylation sites is 1. The Morgan fingerprint density at radius 3 is 2.71 bits per heavy atom. The molecule has 3 rings (SSSR count). The minimum Gasteiger partial charge on any atom is -0.382 e. The van der Waals surface area contributed by atoms with E-state index in [-0.39, 0.29) is 6.04 Å². The molecule has 0 saturated carbocycles. The molecule has 31 heavy (non-hydrogen) atoms. The summed E-state index contributed by atoms with van der Waals surface area (Å²) in [5.41, 5.74) is 8.19. The quantitative estimate of drug-likeness (QED) is 0.286. The maximum absolute atomic E-state index is 9.54. The van der Waals surface area contributed by atoms with E-state index in [1.165, 1.54) is 9.75 Å². The SMILES string of the molecule is CN=C(NCCCc1nn(-c2ccccc2)c(N)c1C#N)NC(C)Cc1ccc(C)s1. The highest BCUT2D eigenvalue weighted by Crippen LogP contribution is 2.21. The summed E-state index contributed by atoms with van der Waals surface area (Å²) in [4.78, 5) is 7.01. The van der Waals surface area contributed by atoms with Crippen LogP contribution >= 0.6 is 11.3 Å². The van der Waals surface area contributed by atoms with Crippen molar-refractivity contribution in [3.8, 4) is 11.8 Å². The molecule has 8 heteroatoms. The summed E-state index contributed by atoms with van der Waals surface area (Å²) in [6.45, 7) is 4.99. The van der Waals surface area contributed by atoms with E-state index in [0.717, 1.165) is 30.2 Å². The van der Waals surface area contributed by atoms with E-state index in [1.54, 1.807) is 11.7 Å². The van der Waals surface area contributed by atoms with Gasteiger partial charge in [0.05, 0.1) is 11.4 Å². The van der Waals surface area contributed by atoms with Crippen LogP contribution < -0.4 is 16.4 Å². The molecule has 1 aromatic carbocycles. The number of nitrogens with zero attached hydrogens (tertiary/aromatic N) is 4. The summed E-state index contributed by atoms with van der Waals surface area (Å²) >= 11 is 1.83. The van der Waals surface area contributed by atoms with Gasteiger partial charge >= 0.3 is 0 Å². The number of nitrogen functional groups attached to an aromatic ring is 1. The number of anilines is 1. The van der Waals surface area contributed by atoms with Gasteiger partial charge in [0.25, 0.3) is 0 Å². The molecule has 0 aliphatic rings. The zero-order valence-corrected chi connectivity index (χ0v) is 19.0. The second-order valence-corrected chi connectivity index (χ2v) is 8.80. The van der Waals surface area contributed by atoms with Gasteiger partial charge < -0.3 is 16.4 Å². The first-order chi connectivity index (χ1) is 15.0. The van der Waals surface area contributed by atoms with Crippen molar-refractivity contribution in [2.45, 2.75) is 39.2 Å². The number of nitrogens with one attached hydrogen (secondary N) is 2. The van der Waals surface area contributed by atoms with Gasteiger partial charge in [0.2, 0.25) is 0 Å². The predicted octanol–water partition coefficient (Wildman–Crippen LogP) is 3.42. The van der Waals surface area contributed by atoms with Crippen LogP contribution in [0.2, 0.25) is 0 Å². The highest BCUT2D eigenvalue weighted by atomic mass is 32.1. The summed E-state index contributed by atoms with van der Waals surface area (Å²) in [5.74, 6) is 1.15. The van der Waals surface area contributed by atoms with Gasteiger partial charge in [-0.1, -0.05) is 18.2 Å². The molecule has 2 heterocycles. The molecule has 0 radical (unpaired) electrons. The minimum atomic E-state index is 0.274. The second-order valence-electron chi connectivity index (χ2n) is 7.43. The number of benzene rings is 1. The molecule has 4 N–H and O–H groups in total. The number of hydrogen-bond donors (Lipinski definition) is 3. The lowest BCUT2D eigenvalue weighted by Gasteiger charge is -2.17. The number of aryl methyl sites for hydroxylation is 2. The molecular formula is C23H29N7S. The number of rotatable bonds is 8. The first-order valence-electron chi connectivity index (χ1n) is 10.4. The van der Waals surface area contributed by atoms with E-state index >= 15 is 0 Å². The van der Waals surface area contributed by atoms with Crippen LogP contribution in [-0.4, -0.2) is 35.4 Å². The molecule has 0 spiro atoms. The fourth-order valence-corrected chi connectivity index (χ4v) is 4.40. The molecule has 0 bridgehead atoms. The molecule has 0 fully saturated rings. The van der Waals surface area contributed by atoms with Gasteiger partial charge in [0.1, 0.15) is 17.5 Å². The molecular weight excluding hydrogens is 406 g/mol. The van der Waals surface area contributed by atoms with Gasteiger partial charge in [0, 0.05) is 35.8 Å². The molecule has 162 valence electrons. The molecule has 7 nitrogen and oxygen atoms in total. The Labute approximate surface area is 187 Å². The lowest BCUT2D eigenvalue weighted by molar-refractivity contribution is 0.638. The Hall–Kier alpha value is -3.31. The Balaban J connectivity index is 1.52. The highest BCUT2D eigenvalue weighted by molar-refractivity contribution is 7.11. The van der Waals surface area contributed by atoms with E-state index in [4.69, 9.17) is 5.73 Å². The van der Waals surface area contributed by atoms with E-state index in [1.807, 2.05) is 41.7 Å². The summed E-state index contributed by atoms with van der Waals surface area (Å²) in [6.07, 6.45) is 2.42. The average Bonchev–Trinajstić information content (AvgIpc) is 3.32. The van der Waals surface area contributed by atoms with E-state index in [2.05, 4.69) is 52.8 Å². The average molecular weight is 436 g/mol. The van der Waals surface area contributed by atoms with E-state index < -0.39 is 0 Å². The molecule has 0 aliphatic heterocycles. The maximum atomic E-state index is 9.54. The largest absolute Gasteiger partial charge is 0.382 e. The summed E-state index contributed by atoms with van der Waals surface area (Å²) < 4.78 is 1.63. The number of aromatic nitrogens is 2. The fourth-order valence-electron chi connectivity index (χ4n) is 3.38. The zero-order valence-electron chi connectivity index (χ0n) is 18.2. The number of nitriles is 1. The van der Waals surface area contributed by atoms with Gasteiger partial charge in [-0.25, -0.2) is 4.68 Å². The van der Waals surface area contributed by atoms with E-state index in [0.29, 0.717) is 24.3 Å². The van der Waals surface area contributed by atoms with Crippen LogP contribution in [0.3, 0.4) is 0 Å². The molecule has 1 atom stereocenters. The zero-order chi connectivity index (χ0) is 22.2. The van der Waals surface area contributed by atoms with Gasteiger partial charge in [-0.3, -0.25) is 4.99 Å². The standard InChI is InChI=1S/C23H29N7S/c1-16(14-19-12-11-17(2)31-19)28-23(26-3)27-13-7-10-21-20(15-24)22(25)30(29-21)18-8-5-4-6-9-18/h4-6,8-9,11-12,16H,7,10,13-14,25H2,1-3H3,(H2,26,27,28). The van der Waals surface area contributed by atoms with Crippen LogP contribution in [0.5, 0.6) is 0 Å². The van der Waals surface area contributed by atoms with Gasteiger partial charge in [0.15, 0.2) is 5.96 Å². The molecule has 3 aromatic rings. The van der Waals surface area contributed by atoms with Crippen molar-refractivity contribution < 1.29 is 0 Å². The molecule has 1 unspecified atom stereocenters. The number of nitrogens with two attached hydrogens (primary N) is 1. The molecule has 2 aromatic heterocycles. The van der Waals surface area contributed by atoms with Crippen molar-refractivity contribution in [3.63, 3.8) is 0 Å². The molecule has 0 saturated heterocycles. The number of thiophene rings is 1. The van der Waals surface area contributed by atoms with Crippen molar-refractivity contribution in [3.05, 3.63) is 63.5 Å². The summed E-state index contributed by atoms with van der Waals surface area (Å²) in [7, 11) is 1.77.